The van der Waals surface area contributed by atoms with E-state index in [0.717, 1.165) is 6.42 Å². The Bertz CT molecular complexity index is 474. The van der Waals surface area contributed by atoms with Crippen LogP contribution in [0.1, 0.15) is 12.8 Å². The molecule has 1 aromatic carbocycles. The lowest BCUT2D eigenvalue weighted by Crippen LogP contribution is -2.44. The van der Waals surface area contributed by atoms with Gasteiger partial charge in [-0.15, -0.1) is 0 Å². The highest BCUT2D eigenvalue weighted by Crippen LogP contribution is 2.17. The third-order valence-electron chi connectivity index (χ3n) is 3.01. The summed E-state index contributed by atoms with van der Waals surface area (Å²) in [7, 11) is 0. The Morgan fingerprint density at radius 2 is 2.11 bits per heavy atom. The Morgan fingerprint density at radius 3 is 2.68 bits per heavy atom. The fourth-order valence-corrected chi connectivity index (χ4v) is 2.01. The Hall–Kier alpha value is -2.15. The van der Waals surface area contributed by atoms with Crippen LogP contribution < -0.4 is 5.32 Å². The first-order valence-electron chi connectivity index (χ1n) is 6.05. The molecule has 7 nitrogen and oxygen atoms in total. The molecule has 1 aromatic rings. The molecule has 0 aliphatic carbocycles. The van der Waals surface area contributed by atoms with Crippen molar-refractivity contribution >= 4 is 17.4 Å². The lowest BCUT2D eigenvalue weighted by atomic mass is 10.1. The van der Waals surface area contributed by atoms with E-state index in [1.807, 2.05) is 0 Å². The van der Waals surface area contributed by atoms with Crippen LogP contribution in [0.5, 0.6) is 0 Å². The molecule has 1 aliphatic heterocycles. The average molecular weight is 265 g/mol. The maximum Gasteiger partial charge on any atom is 0.321 e. The van der Waals surface area contributed by atoms with Crippen molar-refractivity contribution in [2.24, 2.45) is 0 Å². The number of nitrogens with one attached hydrogen (secondary N) is 1. The summed E-state index contributed by atoms with van der Waals surface area (Å²) in [6.07, 6.45) is 1.01. The summed E-state index contributed by atoms with van der Waals surface area (Å²) in [5, 5.41) is 22.6. The van der Waals surface area contributed by atoms with Crippen LogP contribution in [0, 0.1) is 10.1 Å². The lowest BCUT2D eigenvalue weighted by Gasteiger charge is -2.30. The monoisotopic (exact) mass is 265 g/mol. The molecule has 0 unspecified atom stereocenters. The number of amides is 2. The van der Waals surface area contributed by atoms with Gasteiger partial charge in [0.25, 0.3) is 5.69 Å². The van der Waals surface area contributed by atoms with Crippen LogP contribution in [0.3, 0.4) is 0 Å². The molecule has 1 heterocycles. The predicted molar refractivity (Wildman–Crippen MR) is 68.9 cm³/mol. The molecule has 0 radical (unpaired) electrons. The number of carbonyl (C=O) groups is 1. The SMILES string of the molecule is O=C(Nc1ccc([N+](=O)[O-])cc1)N1CCC[C@H](O)C1. The van der Waals surface area contributed by atoms with Gasteiger partial charge in [-0.3, -0.25) is 10.1 Å². The van der Waals surface area contributed by atoms with E-state index in [-0.39, 0.29) is 11.7 Å². The Balaban J connectivity index is 1.96. The van der Waals surface area contributed by atoms with Gasteiger partial charge in [0.2, 0.25) is 0 Å². The first-order valence-corrected chi connectivity index (χ1v) is 6.05. The molecule has 2 N–H and O–H groups in total. The number of nitrogens with zero attached hydrogens (tertiary/aromatic N) is 2. The van der Waals surface area contributed by atoms with E-state index in [4.69, 9.17) is 0 Å². The fourth-order valence-electron chi connectivity index (χ4n) is 2.01. The smallest absolute Gasteiger partial charge is 0.321 e. The zero-order valence-electron chi connectivity index (χ0n) is 10.3. The quantitative estimate of drug-likeness (QED) is 0.626. The highest BCUT2D eigenvalue weighted by Gasteiger charge is 2.22. The number of hydrogen-bond acceptors (Lipinski definition) is 4. The van der Waals surface area contributed by atoms with Gasteiger partial charge in [-0.25, -0.2) is 4.79 Å². The van der Waals surface area contributed by atoms with Crippen molar-refractivity contribution < 1.29 is 14.8 Å². The number of likely N-dealkylation sites (tertiary alicyclic amines) is 1. The van der Waals surface area contributed by atoms with Crippen molar-refractivity contribution in [3.63, 3.8) is 0 Å². The topological polar surface area (TPSA) is 95.7 Å². The number of nitro groups is 1. The van der Waals surface area contributed by atoms with E-state index in [1.165, 1.54) is 29.2 Å². The number of aliphatic hydroxyl groups is 1. The Labute approximate surface area is 110 Å². The van der Waals surface area contributed by atoms with Gasteiger partial charge in [0, 0.05) is 30.9 Å². The molecule has 1 atom stereocenters. The van der Waals surface area contributed by atoms with Gasteiger partial charge in [0.15, 0.2) is 0 Å². The van der Waals surface area contributed by atoms with Crippen LogP contribution in [0.15, 0.2) is 24.3 Å². The van der Waals surface area contributed by atoms with E-state index in [1.54, 1.807) is 0 Å². The molecule has 7 heteroatoms. The minimum atomic E-state index is -0.493. The van der Waals surface area contributed by atoms with E-state index >= 15 is 0 Å². The van der Waals surface area contributed by atoms with E-state index in [9.17, 15) is 20.0 Å². The van der Waals surface area contributed by atoms with Crippen molar-refractivity contribution in [3.05, 3.63) is 34.4 Å². The normalized spacial score (nSPS) is 19.0. The number of piperidine rings is 1. The maximum absolute atomic E-state index is 11.9. The number of benzene rings is 1. The Kier molecular flexibility index (Phi) is 3.96. The van der Waals surface area contributed by atoms with E-state index in [0.29, 0.717) is 25.2 Å². The summed E-state index contributed by atoms with van der Waals surface area (Å²) in [6.45, 7) is 0.925. The highest BCUT2D eigenvalue weighted by atomic mass is 16.6. The molecule has 0 spiro atoms. The number of rotatable bonds is 2. The standard InChI is InChI=1S/C12H15N3O4/c16-11-2-1-7-14(8-11)12(17)13-9-3-5-10(6-4-9)15(18)19/h3-6,11,16H,1-2,7-8H2,(H,13,17)/t11-/m0/s1. The van der Waals surface area contributed by atoms with Crippen molar-refractivity contribution in [1.82, 2.24) is 4.90 Å². The molecule has 0 bridgehead atoms. The summed E-state index contributed by atoms with van der Waals surface area (Å²) < 4.78 is 0. The average Bonchev–Trinajstić information content (AvgIpc) is 2.39. The highest BCUT2D eigenvalue weighted by molar-refractivity contribution is 5.89. The van der Waals surface area contributed by atoms with Gasteiger partial charge in [-0.2, -0.15) is 0 Å². The van der Waals surface area contributed by atoms with E-state index in [2.05, 4.69) is 5.32 Å². The van der Waals surface area contributed by atoms with Crippen molar-refractivity contribution in [3.8, 4) is 0 Å². The molecule has 0 saturated carbocycles. The van der Waals surface area contributed by atoms with Crippen LogP contribution in [-0.4, -0.2) is 40.2 Å². The number of aliphatic hydroxyl groups excluding tert-OH is 1. The second-order valence-corrected chi connectivity index (χ2v) is 4.48. The van der Waals surface area contributed by atoms with Crippen LogP contribution >= 0.6 is 0 Å². The number of urea groups is 1. The lowest BCUT2D eigenvalue weighted by molar-refractivity contribution is -0.384. The molecular weight excluding hydrogens is 250 g/mol. The Morgan fingerprint density at radius 1 is 1.42 bits per heavy atom. The summed E-state index contributed by atoms with van der Waals surface area (Å²) in [4.78, 5) is 23.4. The largest absolute Gasteiger partial charge is 0.391 e. The maximum atomic E-state index is 11.9. The number of nitro benzene ring substituents is 1. The van der Waals surface area contributed by atoms with Crippen LogP contribution in [0.2, 0.25) is 0 Å². The predicted octanol–water partition coefficient (Wildman–Crippen LogP) is 1.58. The molecule has 1 fully saturated rings. The molecule has 2 rings (SSSR count). The minimum absolute atomic E-state index is 0.0219. The number of anilines is 1. The van der Waals surface area contributed by atoms with Crippen LogP contribution in [-0.2, 0) is 0 Å². The molecule has 1 saturated heterocycles. The molecule has 1 aliphatic rings. The molecule has 102 valence electrons. The first-order chi connectivity index (χ1) is 9.06. The summed E-state index contributed by atoms with van der Waals surface area (Å²) in [5.41, 5.74) is 0.474. The first kappa shape index (κ1) is 13.3. The molecular formula is C12H15N3O4. The van der Waals surface area contributed by atoms with Gasteiger partial charge >= 0.3 is 6.03 Å². The van der Waals surface area contributed by atoms with Gasteiger partial charge in [0.05, 0.1) is 11.0 Å². The van der Waals surface area contributed by atoms with Gasteiger partial charge in [-0.05, 0) is 25.0 Å². The van der Waals surface area contributed by atoms with Gasteiger partial charge in [0.1, 0.15) is 0 Å². The number of hydrogen-bond donors (Lipinski definition) is 2. The van der Waals surface area contributed by atoms with Crippen LogP contribution in [0.25, 0.3) is 0 Å². The second kappa shape index (κ2) is 5.66. The van der Waals surface area contributed by atoms with Crippen LogP contribution in [0.4, 0.5) is 16.2 Å². The minimum Gasteiger partial charge on any atom is -0.391 e. The summed E-state index contributed by atoms with van der Waals surface area (Å²) in [5.74, 6) is 0. The van der Waals surface area contributed by atoms with Gasteiger partial charge in [-0.1, -0.05) is 0 Å². The number of carbonyl (C=O) groups excluding carboxylic acids is 1. The summed E-state index contributed by atoms with van der Waals surface area (Å²) in [6, 6.07) is 5.33. The zero-order chi connectivity index (χ0) is 13.8. The fraction of sp³-hybridized carbons (Fsp3) is 0.417. The van der Waals surface area contributed by atoms with Gasteiger partial charge < -0.3 is 15.3 Å². The second-order valence-electron chi connectivity index (χ2n) is 4.48. The van der Waals surface area contributed by atoms with Crippen molar-refractivity contribution in [2.75, 3.05) is 18.4 Å². The van der Waals surface area contributed by atoms with Crippen molar-refractivity contribution in [2.45, 2.75) is 18.9 Å². The number of non-ortho nitro benzene ring substituents is 1. The molecule has 19 heavy (non-hydrogen) atoms. The zero-order valence-corrected chi connectivity index (χ0v) is 10.3. The third-order valence-corrected chi connectivity index (χ3v) is 3.01. The third kappa shape index (κ3) is 3.41. The summed E-state index contributed by atoms with van der Waals surface area (Å²) >= 11 is 0. The van der Waals surface area contributed by atoms with Crippen molar-refractivity contribution in [1.29, 1.82) is 0 Å². The molecule has 0 aromatic heterocycles. The van der Waals surface area contributed by atoms with E-state index < -0.39 is 11.0 Å². The molecule has 2 amide bonds. The number of β-amino-alcohol motifs (C(OH)–C–C–N with tert-alkyl or cyclic N) is 1.